The monoisotopic (exact) mass is 313 g/mol. The molecule has 21 heavy (non-hydrogen) atoms. The van der Waals surface area contributed by atoms with E-state index in [2.05, 4.69) is 24.3 Å². The Balaban J connectivity index is 1.88. The number of nitrogens with one attached hydrogen (secondary N) is 1. The molecule has 1 aromatic heterocycles. The van der Waals surface area contributed by atoms with Crippen molar-refractivity contribution >= 4 is 15.7 Å². The van der Waals surface area contributed by atoms with Crippen molar-refractivity contribution in [3.05, 3.63) is 12.3 Å². The van der Waals surface area contributed by atoms with Gasteiger partial charge in [0.2, 0.25) is 0 Å². The van der Waals surface area contributed by atoms with Gasteiger partial charge in [0.25, 0.3) is 0 Å². The molecule has 120 valence electrons. The summed E-state index contributed by atoms with van der Waals surface area (Å²) in [7, 11) is -2.93. The number of hydrogen-bond donors (Lipinski definition) is 1. The first kappa shape index (κ1) is 16.3. The van der Waals surface area contributed by atoms with Crippen LogP contribution in [0.3, 0.4) is 0 Å². The molecule has 1 N–H and O–H groups in total. The highest BCUT2D eigenvalue weighted by Gasteiger charge is 2.25. The average molecular weight is 313 g/mol. The second kappa shape index (κ2) is 6.81. The van der Waals surface area contributed by atoms with Crippen molar-refractivity contribution in [2.24, 2.45) is 11.8 Å². The van der Waals surface area contributed by atoms with Crippen molar-refractivity contribution < 1.29 is 8.42 Å². The Bertz CT molecular complexity index is 553. The molecule has 0 saturated heterocycles. The van der Waals surface area contributed by atoms with Gasteiger partial charge in [-0.3, -0.25) is 4.68 Å². The fraction of sp³-hybridized carbons (Fsp3) is 0.800. The number of rotatable bonds is 6. The molecular weight excluding hydrogens is 286 g/mol. The second-order valence-electron chi connectivity index (χ2n) is 6.35. The van der Waals surface area contributed by atoms with E-state index in [0.717, 1.165) is 11.7 Å². The smallest absolute Gasteiger partial charge is 0.151 e. The van der Waals surface area contributed by atoms with Gasteiger partial charge in [-0.05, 0) is 31.1 Å². The first-order valence-electron chi connectivity index (χ1n) is 7.90. The summed E-state index contributed by atoms with van der Waals surface area (Å²) in [4.78, 5) is 0. The zero-order chi connectivity index (χ0) is 15.5. The fourth-order valence-electron chi connectivity index (χ4n) is 3.01. The summed E-state index contributed by atoms with van der Waals surface area (Å²) in [6.07, 6.45) is 5.55. The molecule has 5 nitrogen and oxygen atoms in total. The number of anilines is 1. The highest BCUT2D eigenvalue weighted by Crippen LogP contribution is 2.30. The summed E-state index contributed by atoms with van der Waals surface area (Å²) in [5, 5.41) is 7.94. The van der Waals surface area contributed by atoms with Crippen molar-refractivity contribution in [2.75, 3.05) is 16.8 Å². The Morgan fingerprint density at radius 1 is 1.38 bits per heavy atom. The van der Waals surface area contributed by atoms with Gasteiger partial charge in [0.1, 0.15) is 5.82 Å². The van der Waals surface area contributed by atoms with E-state index in [0.29, 0.717) is 18.5 Å². The summed E-state index contributed by atoms with van der Waals surface area (Å²) in [6.45, 7) is 6.71. The third-order valence-corrected chi connectivity index (χ3v) is 6.16. The molecule has 1 aliphatic carbocycles. The summed E-state index contributed by atoms with van der Waals surface area (Å²) in [6, 6.07) is 2.41. The number of sulfone groups is 1. The van der Waals surface area contributed by atoms with Crippen molar-refractivity contribution in [3.63, 3.8) is 0 Å². The molecule has 0 spiro atoms. The van der Waals surface area contributed by atoms with Crippen molar-refractivity contribution in [2.45, 2.75) is 52.6 Å². The van der Waals surface area contributed by atoms with Gasteiger partial charge in [-0.25, -0.2) is 8.42 Å². The maximum Gasteiger partial charge on any atom is 0.151 e. The summed E-state index contributed by atoms with van der Waals surface area (Å²) in [5.41, 5.74) is 0. The van der Waals surface area contributed by atoms with E-state index in [9.17, 15) is 8.42 Å². The van der Waals surface area contributed by atoms with E-state index in [1.807, 2.05) is 12.3 Å². The number of nitrogens with zero attached hydrogens (tertiary/aromatic N) is 2. The Morgan fingerprint density at radius 3 is 2.81 bits per heavy atom. The van der Waals surface area contributed by atoms with Gasteiger partial charge in [0, 0.05) is 24.1 Å². The topological polar surface area (TPSA) is 64.0 Å². The minimum absolute atomic E-state index is 0.155. The lowest BCUT2D eigenvalue weighted by Gasteiger charge is -2.33. The normalized spacial score (nSPS) is 26.7. The minimum atomic E-state index is -2.93. The van der Waals surface area contributed by atoms with Gasteiger partial charge in [0.15, 0.2) is 9.84 Å². The predicted octanol–water partition coefficient (Wildman–Crippen LogP) is 2.55. The maximum absolute atomic E-state index is 11.5. The van der Waals surface area contributed by atoms with Crippen molar-refractivity contribution in [1.82, 2.24) is 9.78 Å². The highest BCUT2D eigenvalue weighted by molar-refractivity contribution is 7.91. The average Bonchev–Trinajstić information content (AvgIpc) is 2.88. The molecule has 1 fully saturated rings. The second-order valence-corrected chi connectivity index (χ2v) is 8.82. The number of aryl methyl sites for hydroxylation is 1. The molecule has 0 amide bonds. The first-order valence-corrected chi connectivity index (χ1v) is 9.72. The van der Waals surface area contributed by atoms with Crippen LogP contribution < -0.4 is 5.32 Å². The van der Waals surface area contributed by atoms with Gasteiger partial charge in [0.05, 0.1) is 12.3 Å². The molecule has 0 aromatic carbocycles. The molecule has 2 rings (SSSR count). The fourth-order valence-corrected chi connectivity index (χ4v) is 3.76. The first-order chi connectivity index (χ1) is 9.89. The largest absolute Gasteiger partial charge is 0.366 e. The molecule has 1 heterocycles. The highest BCUT2D eigenvalue weighted by atomic mass is 32.2. The SMILES string of the molecule is CCS(=O)(=O)CCn1ccc(N[C@@H]2CC[C@@H](C)C[C@H]2C)n1. The third-order valence-electron chi connectivity index (χ3n) is 4.48. The van der Waals surface area contributed by atoms with Crippen LogP contribution in [0.25, 0.3) is 0 Å². The van der Waals surface area contributed by atoms with Gasteiger partial charge in [-0.1, -0.05) is 20.8 Å². The van der Waals surface area contributed by atoms with Crippen LogP contribution in [0.1, 0.15) is 40.0 Å². The van der Waals surface area contributed by atoms with Crippen LogP contribution in [-0.2, 0) is 16.4 Å². The van der Waals surface area contributed by atoms with Gasteiger partial charge in [-0.15, -0.1) is 0 Å². The van der Waals surface area contributed by atoms with Gasteiger partial charge in [-0.2, -0.15) is 5.10 Å². The molecule has 3 atom stereocenters. The molecule has 0 unspecified atom stereocenters. The predicted molar refractivity (Wildman–Crippen MR) is 86.1 cm³/mol. The molecule has 1 saturated carbocycles. The van der Waals surface area contributed by atoms with Crippen LogP contribution in [0, 0.1) is 11.8 Å². The Hall–Kier alpha value is -1.04. The Labute approximate surface area is 128 Å². The van der Waals surface area contributed by atoms with E-state index in [1.165, 1.54) is 19.3 Å². The van der Waals surface area contributed by atoms with Crippen LogP contribution in [0.2, 0.25) is 0 Å². The van der Waals surface area contributed by atoms with E-state index < -0.39 is 9.84 Å². The zero-order valence-electron chi connectivity index (χ0n) is 13.2. The quantitative estimate of drug-likeness (QED) is 0.876. The van der Waals surface area contributed by atoms with E-state index in [1.54, 1.807) is 11.6 Å². The molecule has 1 aromatic rings. The standard InChI is InChI=1S/C15H27N3O2S/c1-4-21(19,20)10-9-18-8-7-15(17-18)16-14-6-5-12(2)11-13(14)3/h7-8,12-14H,4-6,9-11H2,1-3H3,(H,16,17)/t12-,13-,14-/m1/s1. The van der Waals surface area contributed by atoms with E-state index in [-0.39, 0.29) is 11.5 Å². The maximum atomic E-state index is 11.5. The summed E-state index contributed by atoms with van der Waals surface area (Å²) in [5.74, 6) is 2.67. The number of hydrogen-bond acceptors (Lipinski definition) is 4. The Kier molecular flexibility index (Phi) is 5.30. The molecule has 0 aliphatic heterocycles. The van der Waals surface area contributed by atoms with Crippen LogP contribution in [0.5, 0.6) is 0 Å². The zero-order valence-corrected chi connectivity index (χ0v) is 14.1. The van der Waals surface area contributed by atoms with Crippen LogP contribution >= 0.6 is 0 Å². The van der Waals surface area contributed by atoms with Crippen molar-refractivity contribution in [3.8, 4) is 0 Å². The molecule has 1 aliphatic rings. The lowest BCUT2D eigenvalue weighted by Crippen LogP contribution is -2.33. The third kappa shape index (κ3) is 4.73. The van der Waals surface area contributed by atoms with E-state index in [4.69, 9.17) is 0 Å². The molecule has 6 heteroatoms. The molecule has 0 radical (unpaired) electrons. The van der Waals surface area contributed by atoms with Gasteiger partial charge >= 0.3 is 0 Å². The van der Waals surface area contributed by atoms with Crippen molar-refractivity contribution in [1.29, 1.82) is 0 Å². The van der Waals surface area contributed by atoms with E-state index >= 15 is 0 Å². The van der Waals surface area contributed by atoms with Crippen LogP contribution in [0.15, 0.2) is 12.3 Å². The lowest BCUT2D eigenvalue weighted by molar-refractivity contribution is 0.276. The van der Waals surface area contributed by atoms with Crippen LogP contribution in [-0.4, -0.2) is 35.7 Å². The summed E-state index contributed by atoms with van der Waals surface area (Å²) >= 11 is 0. The summed E-state index contributed by atoms with van der Waals surface area (Å²) < 4.78 is 24.7. The van der Waals surface area contributed by atoms with Crippen LogP contribution in [0.4, 0.5) is 5.82 Å². The molecular formula is C15H27N3O2S. The Morgan fingerprint density at radius 2 is 2.14 bits per heavy atom. The lowest BCUT2D eigenvalue weighted by atomic mass is 9.80. The number of aromatic nitrogens is 2. The minimum Gasteiger partial charge on any atom is -0.366 e. The molecule has 0 bridgehead atoms. The van der Waals surface area contributed by atoms with Gasteiger partial charge < -0.3 is 5.32 Å².